The molecular weight excluding hydrogens is 286 g/mol. The molecule has 0 spiro atoms. The van der Waals surface area contributed by atoms with Crippen molar-refractivity contribution in [3.05, 3.63) is 22.9 Å². The van der Waals surface area contributed by atoms with E-state index < -0.39 is 0 Å². The lowest BCUT2D eigenvalue weighted by Crippen LogP contribution is -2.51. The monoisotopic (exact) mass is 305 g/mol. The Balaban J connectivity index is 1.85. The molecule has 0 aliphatic carbocycles. The fourth-order valence-corrected chi connectivity index (χ4v) is 2.67. The van der Waals surface area contributed by atoms with Gasteiger partial charge >= 0.3 is 0 Å². The zero-order chi connectivity index (χ0) is 15.9. The van der Waals surface area contributed by atoms with E-state index in [0.29, 0.717) is 24.2 Å². The van der Waals surface area contributed by atoms with Crippen molar-refractivity contribution in [2.75, 3.05) is 13.2 Å². The van der Waals surface area contributed by atoms with Crippen molar-refractivity contribution in [2.24, 2.45) is 7.05 Å². The maximum Gasteiger partial charge on any atom is 0.264 e. The molecule has 118 valence electrons. The summed E-state index contributed by atoms with van der Waals surface area (Å²) in [6.45, 7) is 4.91. The number of morpholine rings is 1. The minimum absolute atomic E-state index is 0.00878. The molecule has 0 aromatic carbocycles. The molecule has 0 saturated carbocycles. The number of aromatic nitrogens is 4. The van der Waals surface area contributed by atoms with Gasteiger partial charge < -0.3 is 9.64 Å². The summed E-state index contributed by atoms with van der Waals surface area (Å²) in [5, 5.41) is 4.44. The summed E-state index contributed by atoms with van der Waals surface area (Å²) in [5.74, 6) is -0.102. The van der Waals surface area contributed by atoms with Gasteiger partial charge in [0.25, 0.3) is 5.56 Å². The van der Waals surface area contributed by atoms with Gasteiger partial charge in [0.05, 0.1) is 24.9 Å². The molecule has 0 N–H and O–H groups in total. The summed E-state index contributed by atoms with van der Waals surface area (Å²) in [6, 6.07) is 0.00878. The fourth-order valence-electron chi connectivity index (χ4n) is 2.67. The van der Waals surface area contributed by atoms with Crippen molar-refractivity contribution in [3.8, 4) is 0 Å². The molecule has 1 fully saturated rings. The molecule has 2 unspecified atom stereocenters. The first-order valence-electron chi connectivity index (χ1n) is 7.25. The van der Waals surface area contributed by atoms with Crippen LogP contribution in [0.25, 0.3) is 11.0 Å². The van der Waals surface area contributed by atoms with E-state index in [1.54, 1.807) is 11.9 Å². The molecule has 1 saturated heterocycles. The van der Waals surface area contributed by atoms with Gasteiger partial charge in [0.1, 0.15) is 18.3 Å². The van der Waals surface area contributed by atoms with Crippen molar-refractivity contribution < 1.29 is 9.53 Å². The molecule has 22 heavy (non-hydrogen) atoms. The van der Waals surface area contributed by atoms with Gasteiger partial charge in [0.2, 0.25) is 5.91 Å². The average Bonchev–Trinajstić information content (AvgIpc) is 2.86. The first-order valence-corrected chi connectivity index (χ1v) is 7.25. The van der Waals surface area contributed by atoms with Crippen LogP contribution in [-0.4, -0.2) is 55.4 Å². The number of nitrogens with zero attached hydrogens (tertiary/aromatic N) is 5. The topological polar surface area (TPSA) is 82.3 Å². The van der Waals surface area contributed by atoms with Crippen molar-refractivity contribution in [2.45, 2.75) is 32.5 Å². The highest BCUT2D eigenvalue weighted by Gasteiger charge is 2.27. The Hall–Kier alpha value is -2.22. The third kappa shape index (κ3) is 2.50. The molecule has 0 radical (unpaired) electrons. The summed E-state index contributed by atoms with van der Waals surface area (Å²) in [4.78, 5) is 30.8. The maximum atomic E-state index is 12.5. The molecule has 2 atom stereocenters. The maximum absolute atomic E-state index is 12.5. The van der Waals surface area contributed by atoms with Crippen molar-refractivity contribution in [1.29, 1.82) is 0 Å². The molecule has 2 aromatic heterocycles. The predicted octanol–water partition coefficient (Wildman–Crippen LogP) is -0.234. The Morgan fingerprint density at radius 3 is 3.00 bits per heavy atom. The lowest BCUT2D eigenvalue weighted by Gasteiger charge is -2.36. The van der Waals surface area contributed by atoms with Gasteiger partial charge in [-0.05, 0) is 13.8 Å². The normalized spacial score (nSPS) is 22.2. The number of ether oxygens (including phenoxy) is 1. The molecule has 1 aliphatic rings. The average molecular weight is 305 g/mol. The van der Waals surface area contributed by atoms with Crippen LogP contribution in [0.4, 0.5) is 0 Å². The number of amides is 1. The van der Waals surface area contributed by atoms with E-state index in [0.717, 1.165) is 0 Å². The minimum Gasteiger partial charge on any atom is -0.375 e. The zero-order valence-corrected chi connectivity index (χ0v) is 12.9. The second-order valence-corrected chi connectivity index (χ2v) is 5.72. The largest absolute Gasteiger partial charge is 0.375 e. The molecule has 1 aliphatic heterocycles. The van der Waals surface area contributed by atoms with Crippen LogP contribution < -0.4 is 5.56 Å². The first kappa shape index (κ1) is 14.7. The van der Waals surface area contributed by atoms with Crippen molar-refractivity contribution >= 4 is 16.9 Å². The predicted molar refractivity (Wildman–Crippen MR) is 79.4 cm³/mol. The highest BCUT2D eigenvalue weighted by molar-refractivity contribution is 5.77. The molecular formula is C14H19N5O3. The summed E-state index contributed by atoms with van der Waals surface area (Å²) in [5.41, 5.74) is 0.266. The Labute approximate surface area is 127 Å². The van der Waals surface area contributed by atoms with Gasteiger partial charge in [-0.1, -0.05) is 0 Å². The molecule has 3 heterocycles. The van der Waals surface area contributed by atoms with Gasteiger partial charge in [-0.3, -0.25) is 18.8 Å². The van der Waals surface area contributed by atoms with Crippen LogP contribution in [0.2, 0.25) is 0 Å². The SMILES string of the molecule is CC1CN(C(=O)Cn2cnc3c(cnn3C)c2=O)C(C)CO1. The summed E-state index contributed by atoms with van der Waals surface area (Å²) in [7, 11) is 1.72. The summed E-state index contributed by atoms with van der Waals surface area (Å²) >= 11 is 0. The van der Waals surface area contributed by atoms with Crippen LogP contribution in [0.15, 0.2) is 17.3 Å². The second-order valence-electron chi connectivity index (χ2n) is 5.72. The molecule has 1 amide bonds. The van der Waals surface area contributed by atoms with Crippen LogP contribution in [0.5, 0.6) is 0 Å². The number of rotatable bonds is 2. The zero-order valence-electron chi connectivity index (χ0n) is 12.9. The molecule has 2 aromatic rings. The lowest BCUT2D eigenvalue weighted by molar-refractivity contribution is -0.143. The van der Waals surface area contributed by atoms with Crippen LogP contribution in [0, 0.1) is 0 Å². The smallest absolute Gasteiger partial charge is 0.264 e. The van der Waals surface area contributed by atoms with Gasteiger partial charge in [-0.15, -0.1) is 0 Å². The van der Waals surface area contributed by atoms with Crippen LogP contribution in [0.1, 0.15) is 13.8 Å². The standard InChI is InChI=1S/C14H19N5O3/c1-9-7-22-10(2)5-19(9)12(20)6-18-8-15-13-11(14(18)21)4-16-17(13)3/h4,8-10H,5-7H2,1-3H3. The number of fused-ring (bicyclic) bond motifs is 1. The molecule has 0 bridgehead atoms. The first-order chi connectivity index (χ1) is 10.5. The van der Waals surface area contributed by atoms with Gasteiger partial charge in [-0.2, -0.15) is 5.10 Å². The van der Waals surface area contributed by atoms with Crippen molar-refractivity contribution in [3.63, 3.8) is 0 Å². The third-order valence-corrected chi connectivity index (χ3v) is 3.95. The number of carbonyl (C=O) groups excluding carboxylic acids is 1. The number of aryl methyl sites for hydroxylation is 1. The van der Waals surface area contributed by atoms with E-state index in [1.165, 1.54) is 21.8 Å². The van der Waals surface area contributed by atoms with E-state index >= 15 is 0 Å². The number of hydrogen-bond acceptors (Lipinski definition) is 5. The van der Waals surface area contributed by atoms with E-state index in [1.807, 2.05) is 13.8 Å². The van der Waals surface area contributed by atoms with Gasteiger partial charge in [-0.25, -0.2) is 4.98 Å². The van der Waals surface area contributed by atoms with Gasteiger partial charge in [0.15, 0.2) is 5.65 Å². The fraction of sp³-hybridized carbons (Fsp3) is 0.571. The third-order valence-electron chi connectivity index (χ3n) is 3.95. The van der Waals surface area contributed by atoms with Crippen molar-refractivity contribution in [1.82, 2.24) is 24.2 Å². The van der Waals surface area contributed by atoms with Crippen LogP contribution in [-0.2, 0) is 23.1 Å². The highest BCUT2D eigenvalue weighted by atomic mass is 16.5. The second kappa shape index (κ2) is 5.53. The van der Waals surface area contributed by atoms with E-state index in [-0.39, 0.29) is 30.2 Å². The molecule has 8 nitrogen and oxygen atoms in total. The van der Waals surface area contributed by atoms with Gasteiger partial charge in [0, 0.05) is 13.6 Å². The Morgan fingerprint density at radius 2 is 2.23 bits per heavy atom. The Bertz CT molecular complexity index is 765. The number of carbonyl (C=O) groups is 1. The Kier molecular flexibility index (Phi) is 3.69. The highest BCUT2D eigenvalue weighted by Crippen LogP contribution is 2.12. The van der Waals surface area contributed by atoms with E-state index in [9.17, 15) is 9.59 Å². The quantitative estimate of drug-likeness (QED) is 0.765. The Morgan fingerprint density at radius 1 is 1.45 bits per heavy atom. The number of hydrogen-bond donors (Lipinski definition) is 0. The molecule has 8 heteroatoms. The minimum atomic E-state index is -0.250. The van der Waals surface area contributed by atoms with E-state index in [4.69, 9.17) is 4.74 Å². The van der Waals surface area contributed by atoms with Crippen LogP contribution >= 0.6 is 0 Å². The van der Waals surface area contributed by atoms with Crippen LogP contribution in [0.3, 0.4) is 0 Å². The summed E-state index contributed by atoms with van der Waals surface area (Å²) in [6.07, 6.45) is 2.89. The lowest BCUT2D eigenvalue weighted by atomic mass is 10.2. The molecule has 3 rings (SSSR count). The van der Waals surface area contributed by atoms with E-state index in [2.05, 4.69) is 10.1 Å². The summed E-state index contributed by atoms with van der Waals surface area (Å²) < 4.78 is 8.39.